The number of nitrogens with zero attached hydrogens (tertiary/aromatic N) is 1. The number of carbonyl (C=O) groups excluding carboxylic acids is 2. The van der Waals surface area contributed by atoms with Gasteiger partial charge in [-0.2, -0.15) is 0 Å². The maximum Gasteiger partial charge on any atom is 0.407 e. The van der Waals surface area contributed by atoms with Gasteiger partial charge in [0.2, 0.25) is 5.91 Å². The third kappa shape index (κ3) is 5.05. The minimum absolute atomic E-state index is 0.0230. The first-order valence-electron chi connectivity index (χ1n) is 11.3. The Morgan fingerprint density at radius 3 is 2.38 bits per heavy atom. The molecule has 1 saturated heterocycles. The zero-order valence-electron chi connectivity index (χ0n) is 18.9. The van der Waals surface area contributed by atoms with Crippen molar-refractivity contribution < 1.29 is 33.7 Å². The third-order valence-corrected chi connectivity index (χ3v) is 6.15. The molecule has 2 N–H and O–H groups in total. The predicted molar refractivity (Wildman–Crippen MR) is 122 cm³/mol. The van der Waals surface area contributed by atoms with Crippen molar-refractivity contribution >= 4 is 18.0 Å². The van der Waals surface area contributed by atoms with Gasteiger partial charge in [-0.3, -0.25) is 4.79 Å². The van der Waals surface area contributed by atoms with Gasteiger partial charge in [0.1, 0.15) is 13.2 Å². The fraction of sp³-hybridized carbons (Fsp3) is 0.400. The molecular weight excluding hydrogens is 440 g/mol. The van der Waals surface area contributed by atoms with Crippen molar-refractivity contribution in [3.05, 3.63) is 59.7 Å². The molecule has 2 atom stereocenters. The molecular formula is C25H28N2O7. The summed E-state index contributed by atoms with van der Waals surface area (Å²) in [6, 6.07) is 15.2. The van der Waals surface area contributed by atoms with Crippen molar-refractivity contribution in [2.75, 3.05) is 39.5 Å². The van der Waals surface area contributed by atoms with Gasteiger partial charge in [-0.15, -0.1) is 0 Å². The minimum Gasteiger partial charge on any atom is -0.480 e. The second kappa shape index (κ2) is 10.7. The molecule has 1 heterocycles. The summed E-state index contributed by atoms with van der Waals surface area (Å²) in [5, 5.41) is 12.0. The van der Waals surface area contributed by atoms with Gasteiger partial charge in [-0.25, -0.2) is 9.59 Å². The van der Waals surface area contributed by atoms with Gasteiger partial charge in [-0.1, -0.05) is 48.5 Å². The predicted octanol–water partition coefficient (Wildman–Crippen LogP) is 2.24. The van der Waals surface area contributed by atoms with Crippen LogP contribution >= 0.6 is 0 Å². The second-order valence-corrected chi connectivity index (χ2v) is 8.25. The lowest BCUT2D eigenvalue weighted by Crippen LogP contribution is -2.57. The van der Waals surface area contributed by atoms with E-state index in [1.165, 1.54) is 4.90 Å². The average Bonchev–Trinajstić information content (AvgIpc) is 3.15. The number of amides is 2. The molecule has 2 aliphatic rings. The highest BCUT2D eigenvalue weighted by molar-refractivity contribution is 5.85. The summed E-state index contributed by atoms with van der Waals surface area (Å²) < 4.78 is 16.1. The number of hydrogen-bond acceptors (Lipinski definition) is 6. The van der Waals surface area contributed by atoms with Crippen LogP contribution in [0.4, 0.5) is 4.79 Å². The van der Waals surface area contributed by atoms with E-state index in [0.29, 0.717) is 0 Å². The molecule has 9 nitrogen and oxygen atoms in total. The zero-order valence-corrected chi connectivity index (χ0v) is 18.9. The van der Waals surface area contributed by atoms with E-state index in [1.54, 1.807) is 6.92 Å². The summed E-state index contributed by atoms with van der Waals surface area (Å²) in [5.41, 5.74) is 4.58. The van der Waals surface area contributed by atoms with Crippen LogP contribution in [0.15, 0.2) is 48.5 Å². The van der Waals surface area contributed by atoms with Gasteiger partial charge in [0, 0.05) is 19.0 Å². The van der Waals surface area contributed by atoms with Crippen LogP contribution in [0.3, 0.4) is 0 Å². The molecule has 1 aliphatic heterocycles. The van der Waals surface area contributed by atoms with Crippen molar-refractivity contribution in [3.63, 3.8) is 0 Å². The lowest BCUT2D eigenvalue weighted by atomic mass is 9.98. The molecule has 0 radical (unpaired) electrons. The average molecular weight is 469 g/mol. The quantitative estimate of drug-likeness (QED) is 0.571. The minimum atomic E-state index is -1.11. The lowest BCUT2D eigenvalue weighted by molar-refractivity contribution is -0.166. The molecule has 4 rings (SSSR count). The van der Waals surface area contributed by atoms with Crippen molar-refractivity contribution in [1.29, 1.82) is 0 Å². The monoisotopic (exact) mass is 468 g/mol. The Hall–Kier alpha value is -3.43. The third-order valence-electron chi connectivity index (χ3n) is 6.15. The summed E-state index contributed by atoms with van der Waals surface area (Å²) in [7, 11) is 0. The Kier molecular flexibility index (Phi) is 7.44. The van der Waals surface area contributed by atoms with Crippen LogP contribution in [0.5, 0.6) is 0 Å². The lowest BCUT2D eigenvalue weighted by Gasteiger charge is -2.37. The fourth-order valence-corrected chi connectivity index (χ4v) is 4.55. The molecule has 0 saturated carbocycles. The highest BCUT2D eigenvalue weighted by Gasteiger charge is 2.37. The summed E-state index contributed by atoms with van der Waals surface area (Å²) in [4.78, 5) is 37.3. The highest BCUT2D eigenvalue weighted by atomic mass is 16.5. The van der Waals surface area contributed by atoms with Gasteiger partial charge in [-0.05, 0) is 29.2 Å². The number of carbonyl (C=O) groups is 3. The first-order valence-corrected chi connectivity index (χ1v) is 11.3. The highest BCUT2D eigenvalue weighted by Crippen LogP contribution is 2.44. The number of carboxylic acid groups (broad SMARTS) is 1. The molecule has 2 amide bonds. The summed E-state index contributed by atoms with van der Waals surface area (Å²) in [5.74, 6) is -1.56. The first-order chi connectivity index (χ1) is 16.5. The van der Waals surface area contributed by atoms with Crippen molar-refractivity contribution in [2.24, 2.45) is 0 Å². The molecule has 180 valence electrons. The van der Waals surface area contributed by atoms with E-state index in [2.05, 4.69) is 29.6 Å². The molecule has 34 heavy (non-hydrogen) atoms. The molecule has 1 fully saturated rings. The number of rotatable bonds is 8. The van der Waals surface area contributed by atoms with Crippen LogP contribution in [0.25, 0.3) is 11.1 Å². The van der Waals surface area contributed by atoms with Crippen molar-refractivity contribution in [1.82, 2.24) is 10.2 Å². The first kappa shape index (κ1) is 23.7. The van der Waals surface area contributed by atoms with E-state index in [1.807, 2.05) is 24.3 Å². The fourth-order valence-electron chi connectivity index (χ4n) is 4.55. The van der Waals surface area contributed by atoms with E-state index >= 15 is 0 Å². The van der Waals surface area contributed by atoms with Crippen molar-refractivity contribution in [2.45, 2.75) is 25.0 Å². The molecule has 1 aliphatic carbocycles. The maximum atomic E-state index is 12.4. The Bertz CT molecular complexity index is 1010. The van der Waals surface area contributed by atoms with E-state index in [9.17, 15) is 19.5 Å². The van der Waals surface area contributed by atoms with Crippen LogP contribution in [0.2, 0.25) is 0 Å². The Morgan fingerprint density at radius 2 is 1.74 bits per heavy atom. The largest absolute Gasteiger partial charge is 0.480 e. The smallest absolute Gasteiger partial charge is 0.407 e. The van der Waals surface area contributed by atoms with E-state index in [4.69, 9.17) is 14.2 Å². The standard InChI is InChI=1S/C25H28N2O7/c1-16-23(24(29)30)27(11-13-33-16)22(28)15-32-12-10-26-25(31)34-14-21-19-8-4-2-6-17(19)18-7-3-5-9-20(18)21/h2-9,16,21,23H,10-15H2,1H3,(H,26,31)(H,29,30). The molecule has 2 unspecified atom stereocenters. The van der Waals surface area contributed by atoms with Crippen LogP contribution < -0.4 is 5.32 Å². The Morgan fingerprint density at radius 1 is 1.09 bits per heavy atom. The van der Waals surface area contributed by atoms with Crippen LogP contribution in [-0.2, 0) is 23.8 Å². The van der Waals surface area contributed by atoms with E-state index < -0.39 is 30.1 Å². The van der Waals surface area contributed by atoms with Gasteiger partial charge in [0.15, 0.2) is 6.04 Å². The van der Waals surface area contributed by atoms with E-state index in [0.717, 1.165) is 22.3 Å². The zero-order chi connectivity index (χ0) is 24.1. The second-order valence-electron chi connectivity index (χ2n) is 8.25. The summed E-state index contributed by atoms with van der Waals surface area (Å²) in [6.07, 6.45) is -1.16. The SMILES string of the molecule is CC1OCCN(C(=O)COCCNC(=O)OCC2c3ccccc3-c3ccccc32)C1C(=O)O. The Balaban J connectivity index is 1.19. The van der Waals surface area contributed by atoms with Crippen LogP contribution in [0.1, 0.15) is 24.0 Å². The number of aliphatic carboxylic acids is 1. The number of nitrogens with one attached hydrogen (secondary N) is 1. The normalized spacial score (nSPS) is 19.3. The van der Waals surface area contributed by atoms with Gasteiger partial charge in [0.05, 0.1) is 19.3 Å². The van der Waals surface area contributed by atoms with Gasteiger partial charge < -0.3 is 29.5 Å². The topological polar surface area (TPSA) is 114 Å². The number of carboxylic acids is 1. The van der Waals surface area contributed by atoms with Gasteiger partial charge >= 0.3 is 12.1 Å². The van der Waals surface area contributed by atoms with Gasteiger partial charge in [0.25, 0.3) is 0 Å². The number of hydrogen-bond donors (Lipinski definition) is 2. The number of ether oxygens (including phenoxy) is 3. The molecule has 0 spiro atoms. The summed E-state index contributed by atoms with van der Waals surface area (Å²) in [6.45, 7) is 2.28. The number of benzene rings is 2. The summed E-state index contributed by atoms with van der Waals surface area (Å²) >= 11 is 0. The van der Waals surface area contributed by atoms with Crippen LogP contribution in [0, 0.1) is 0 Å². The number of morpholine rings is 1. The molecule has 2 aromatic carbocycles. The molecule has 9 heteroatoms. The molecule has 2 aromatic rings. The number of fused-ring (bicyclic) bond motifs is 3. The molecule has 0 bridgehead atoms. The number of alkyl carbamates (subject to hydrolysis) is 1. The van der Waals surface area contributed by atoms with Crippen molar-refractivity contribution in [3.8, 4) is 11.1 Å². The molecule has 0 aromatic heterocycles. The van der Waals surface area contributed by atoms with E-state index in [-0.39, 0.29) is 45.4 Å². The maximum absolute atomic E-state index is 12.4. The Labute approximate surface area is 197 Å². The van der Waals surface area contributed by atoms with Crippen LogP contribution in [-0.4, -0.2) is 79.6 Å².